The lowest BCUT2D eigenvalue weighted by molar-refractivity contribution is -0.130. The average Bonchev–Trinajstić information content (AvgIpc) is 3.03. The van der Waals surface area contributed by atoms with E-state index in [-0.39, 0.29) is 41.8 Å². The number of nitrogens with one attached hydrogen (secondary N) is 2. The molecule has 1 fully saturated rings. The molecule has 1 aromatic rings. The van der Waals surface area contributed by atoms with Gasteiger partial charge < -0.3 is 20.4 Å². The van der Waals surface area contributed by atoms with Gasteiger partial charge in [0.1, 0.15) is 0 Å². The first-order valence-electron chi connectivity index (χ1n) is 9.77. The number of hydrogen-bond donors (Lipinski definition) is 2. The van der Waals surface area contributed by atoms with Gasteiger partial charge in [0.25, 0.3) is 0 Å². The maximum atomic E-state index is 12.3. The number of hydrogen-bond acceptors (Lipinski definition) is 3. The summed E-state index contributed by atoms with van der Waals surface area (Å²) in [5.41, 5.74) is 0.915. The van der Waals surface area contributed by atoms with Gasteiger partial charge in [-0.05, 0) is 32.9 Å². The second-order valence-corrected chi connectivity index (χ2v) is 6.46. The molecule has 1 atom stereocenters. The molecule has 1 aliphatic heterocycles. The Bertz CT molecular complexity index is 649. The minimum Gasteiger partial charge on any atom is -0.357 e. The summed E-state index contributed by atoms with van der Waals surface area (Å²) < 4.78 is 0. The molecule has 7 nitrogen and oxygen atoms in total. The van der Waals surface area contributed by atoms with Gasteiger partial charge in [0.15, 0.2) is 5.96 Å². The van der Waals surface area contributed by atoms with Gasteiger partial charge in [-0.1, -0.05) is 18.2 Å². The number of benzene rings is 1. The number of rotatable bonds is 8. The summed E-state index contributed by atoms with van der Waals surface area (Å²) in [4.78, 5) is 32.6. The van der Waals surface area contributed by atoms with Crippen LogP contribution in [0.4, 0.5) is 5.69 Å². The molecule has 0 bridgehead atoms. The van der Waals surface area contributed by atoms with Crippen molar-refractivity contribution in [2.24, 2.45) is 4.99 Å². The second-order valence-electron chi connectivity index (χ2n) is 6.46. The molecular formula is C20H32IN5O2. The Morgan fingerprint density at radius 2 is 1.89 bits per heavy atom. The first kappa shape index (κ1) is 24.2. The van der Waals surface area contributed by atoms with Crippen LogP contribution < -0.4 is 15.5 Å². The standard InChI is InChI=1S/C20H31N5O2.HI/c1-4-21-20(22-13-12-18(26)24(5-2)6-3)23-16-14-19(27)25(15-16)17-10-8-7-9-11-17;/h7-11,16H,4-6,12-15H2,1-3H3,(H2,21,22,23);1H. The fourth-order valence-electron chi connectivity index (χ4n) is 3.17. The zero-order valence-corrected chi connectivity index (χ0v) is 19.3. The lowest BCUT2D eigenvalue weighted by atomic mass is 10.2. The number of para-hydroxylation sites is 1. The van der Waals surface area contributed by atoms with Crippen LogP contribution in [0, 0.1) is 0 Å². The number of carbonyl (C=O) groups excluding carboxylic acids is 2. The summed E-state index contributed by atoms with van der Waals surface area (Å²) in [5, 5.41) is 6.52. The van der Waals surface area contributed by atoms with Gasteiger partial charge >= 0.3 is 0 Å². The van der Waals surface area contributed by atoms with Gasteiger partial charge in [0.2, 0.25) is 11.8 Å². The van der Waals surface area contributed by atoms with Crippen LogP contribution in [0.5, 0.6) is 0 Å². The predicted molar refractivity (Wildman–Crippen MR) is 124 cm³/mol. The Balaban J connectivity index is 0.00000392. The molecule has 1 aromatic carbocycles. The van der Waals surface area contributed by atoms with Gasteiger partial charge in [0.05, 0.1) is 12.6 Å². The van der Waals surface area contributed by atoms with Crippen LogP contribution in [0.1, 0.15) is 33.6 Å². The Morgan fingerprint density at radius 1 is 1.21 bits per heavy atom. The lowest BCUT2D eigenvalue weighted by Crippen LogP contribution is -2.44. The summed E-state index contributed by atoms with van der Waals surface area (Å²) in [6, 6.07) is 9.68. The van der Waals surface area contributed by atoms with E-state index < -0.39 is 0 Å². The Morgan fingerprint density at radius 3 is 2.50 bits per heavy atom. The molecule has 0 spiro atoms. The van der Waals surface area contributed by atoms with Crippen LogP contribution in [0.15, 0.2) is 35.3 Å². The molecule has 1 heterocycles. The zero-order valence-electron chi connectivity index (χ0n) is 17.0. The summed E-state index contributed by atoms with van der Waals surface area (Å²) in [6.07, 6.45) is 0.815. The minimum atomic E-state index is -0.00557. The number of guanidine groups is 1. The molecule has 1 saturated heterocycles. The highest BCUT2D eigenvalue weighted by molar-refractivity contribution is 14.0. The number of nitrogens with zero attached hydrogens (tertiary/aromatic N) is 3. The largest absolute Gasteiger partial charge is 0.357 e. The van der Waals surface area contributed by atoms with Gasteiger partial charge in [0, 0.05) is 44.7 Å². The highest BCUT2D eigenvalue weighted by Crippen LogP contribution is 2.20. The van der Waals surface area contributed by atoms with E-state index in [1.807, 2.05) is 56.0 Å². The third-order valence-corrected chi connectivity index (χ3v) is 4.59. The molecule has 1 unspecified atom stereocenters. The second kappa shape index (κ2) is 12.6. The highest BCUT2D eigenvalue weighted by atomic mass is 127. The van der Waals surface area contributed by atoms with Gasteiger partial charge in [-0.25, -0.2) is 0 Å². The Kier molecular flexibility index (Phi) is 10.9. The first-order valence-corrected chi connectivity index (χ1v) is 9.77. The van der Waals surface area contributed by atoms with Crippen LogP contribution in [0.3, 0.4) is 0 Å². The normalized spacial score (nSPS) is 16.5. The summed E-state index contributed by atoms with van der Waals surface area (Å²) in [7, 11) is 0. The molecule has 2 amide bonds. The summed E-state index contributed by atoms with van der Waals surface area (Å²) in [6.45, 7) is 9.14. The quantitative estimate of drug-likeness (QED) is 0.326. The van der Waals surface area contributed by atoms with Crippen molar-refractivity contribution in [1.29, 1.82) is 0 Å². The van der Waals surface area contributed by atoms with E-state index in [0.29, 0.717) is 31.9 Å². The molecule has 0 aromatic heterocycles. The number of amides is 2. The van der Waals surface area contributed by atoms with E-state index in [0.717, 1.165) is 25.3 Å². The number of halogens is 1. The Hall–Kier alpha value is -1.84. The summed E-state index contributed by atoms with van der Waals surface area (Å²) in [5.74, 6) is 0.870. The molecule has 156 valence electrons. The smallest absolute Gasteiger partial charge is 0.229 e. The molecule has 0 radical (unpaired) electrons. The molecule has 1 aliphatic rings. The molecular weight excluding hydrogens is 469 g/mol. The first-order chi connectivity index (χ1) is 13.1. The van der Waals surface area contributed by atoms with Crippen molar-refractivity contribution in [3.63, 3.8) is 0 Å². The fraction of sp³-hybridized carbons (Fsp3) is 0.550. The SMILES string of the molecule is CCNC(=NCCC(=O)N(CC)CC)NC1CC(=O)N(c2ccccc2)C1.I. The Labute approximate surface area is 185 Å². The molecule has 0 saturated carbocycles. The third kappa shape index (κ3) is 6.96. The van der Waals surface area contributed by atoms with Crippen molar-refractivity contribution in [2.75, 3.05) is 37.6 Å². The van der Waals surface area contributed by atoms with Gasteiger partial charge in [-0.3, -0.25) is 14.6 Å². The van der Waals surface area contributed by atoms with Crippen LogP contribution in [0.2, 0.25) is 0 Å². The van der Waals surface area contributed by atoms with Crippen molar-refractivity contribution in [3.05, 3.63) is 30.3 Å². The highest BCUT2D eigenvalue weighted by Gasteiger charge is 2.31. The number of carbonyl (C=O) groups is 2. The third-order valence-electron chi connectivity index (χ3n) is 4.59. The minimum absolute atomic E-state index is 0. The van der Waals surface area contributed by atoms with Crippen molar-refractivity contribution in [2.45, 2.75) is 39.7 Å². The van der Waals surface area contributed by atoms with Crippen molar-refractivity contribution < 1.29 is 9.59 Å². The van der Waals surface area contributed by atoms with E-state index in [1.165, 1.54) is 0 Å². The monoisotopic (exact) mass is 501 g/mol. The van der Waals surface area contributed by atoms with Crippen LogP contribution in [-0.4, -0.2) is 61.4 Å². The fourth-order valence-corrected chi connectivity index (χ4v) is 3.17. The van der Waals surface area contributed by atoms with Crippen LogP contribution in [0.25, 0.3) is 0 Å². The van der Waals surface area contributed by atoms with Crippen molar-refractivity contribution in [3.8, 4) is 0 Å². The van der Waals surface area contributed by atoms with E-state index in [4.69, 9.17) is 0 Å². The van der Waals surface area contributed by atoms with E-state index >= 15 is 0 Å². The molecule has 28 heavy (non-hydrogen) atoms. The maximum absolute atomic E-state index is 12.3. The molecule has 2 rings (SSSR count). The van der Waals surface area contributed by atoms with Gasteiger partial charge in [-0.2, -0.15) is 0 Å². The topological polar surface area (TPSA) is 77.0 Å². The molecule has 2 N–H and O–H groups in total. The van der Waals surface area contributed by atoms with Crippen LogP contribution >= 0.6 is 24.0 Å². The summed E-state index contributed by atoms with van der Waals surface area (Å²) >= 11 is 0. The average molecular weight is 501 g/mol. The van der Waals surface area contributed by atoms with Crippen molar-refractivity contribution in [1.82, 2.24) is 15.5 Å². The number of aliphatic imine (C=N–C) groups is 1. The van der Waals surface area contributed by atoms with E-state index in [9.17, 15) is 9.59 Å². The van der Waals surface area contributed by atoms with Gasteiger partial charge in [-0.15, -0.1) is 24.0 Å². The van der Waals surface area contributed by atoms with Crippen molar-refractivity contribution >= 4 is 47.4 Å². The zero-order chi connectivity index (χ0) is 19.6. The lowest BCUT2D eigenvalue weighted by Gasteiger charge is -2.19. The maximum Gasteiger partial charge on any atom is 0.229 e. The number of anilines is 1. The molecule has 8 heteroatoms. The van der Waals surface area contributed by atoms with Crippen LogP contribution in [-0.2, 0) is 9.59 Å². The van der Waals surface area contributed by atoms with E-state index in [1.54, 1.807) is 4.90 Å². The molecule has 0 aliphatic carbocycles. The van der Waals surface area contributed by atoms with E-state index in [2.05, 4.69) is 15.6 Å². The predicted octanol–water partition coefficient (Wildman–Crippen LogP) is 2.22.